The van der Waals surface area contributed by atoms with Gasteiger partial charge in [-0.3, -0.25) is 9.48 Å². The lowest BCUT2D eigenvalue weighted by molar-refractivity contribution is -0.318. The Morgan fingerprint density at radius 2 is 1.59 bits per heavy atom. The summed E-state index contributed by atoms with van der Waals surface area (Å²) in [4.78, 5) is 18.3. The third-order valence-electron chi connectivity index (χ3n) is 16.2. The minimum atomic E-state index is -3.34. The van der Waals surface area contributed by atoms with Gasteiger partial charge in [0, 0.05) is 63.8 Å². The van der Waals surface area contributed by atoms with E-state index in [-0.39, 0.29) is 31.4 Å². The van der Waals surface area contributed by atoms with Gasteiger partial charge in [0.05, 0.1) is 77.6 Å². The number of carbonyl (C=O) groups is 1. The van der Waals surface area contributed by atoms with Gasteiger partial charge < -0.3 is 63.8 Å². The zero-order valence-corrected chi connectivity index (χ0v) is 50.7. The molecule has 3 saturated heterocycles. The molecule has 1 unspecified atom stereocenters. The van der Waals surface area contributed by atoms with Crippen molar-refractivity contribution in [3.63, 3.8) is 0 Å². The fourth-order valence-electron chi connectivity index (χ4n) is 11.2. The van der Waals surface area contributed by atoms with Crippen LogP contribution in [0.2, 0.25) is 0 Å². The molecule has 3 aromatic rings. The number of methoxy groups -OCH3 is 1. The van der Waals surface area contributed by atoms with Gasteiger partial charge in [0.2, 0.25) is 10.0 Å². The van der Waals surface area contributed by atoms with Crippen molar-refractivity contribution in [2.75, 3.05) is 40.6 Å². The summed E-state index contributed by atoms with van der Waals surface area (Å²) >= 11 is 1.83. The van der Waals surface area contributed by atoms with Crippen molar-refractivity contribution in [3.8, 4) is 5.69 Å². The first-order chi connectivity index (χ1) is 36.4. The van der Waals surface area contributed by atoms with Gasteiger partial charge in [0.1, 0.15) is 23.9 Å². The van der Waals surface area contributed by atoms with Gasteiger partial charge in [-0.2, -0.15) is 0 Å². The molecule has 0 radical (unpaired) electrons. The van der Waals surface area contributed by atoms with E-state index in [0.29, 0.717) is 38.2 Å². The number of aliphatic hydroxyl groups is 5. The third kappa shape index (κ3) is 16.4. The molecule has 6 N–H and O–H groups in total. The van der Waals surface area contributed by atoms with Crippen LogP contribution in [0.1, 0.15) is 111 Å². The van der Waals surface area contributed by atoms with Crippen LogP contribution in [-0.4, -0.2) is 209 Å². The molecule has 0 aliphatic carbocycles. The smallest absolute Gasteiger partial charge is 0.312 e. The predicted molar refractivity (Wildman–Crippen MR) is 297 cm³/mol. The maximum absolute atomic E-state index is 14.4. The summed E-state index contributed by atoms with van der Waals surface area (Å²) in [5, 5.41) is 76.4. The molecular weight excluding hydrogens is 1150 g/mol. The third-order valence-corrected chi connectivity index (χ3v) is 18.4. The Morgan fingerprint density at radius 3 is 2.26 bits per heavy atom. The molecule has 0 bridgehead atoms. The number of carbonyl (C=O) groups excluding carboxylic acids is 1. The standard InChI is InChI=1S/C53H88IN9O14S/c1-31-25-51(7,68)47(33(3)44(75-42-26-52(8,72-12)46(66)36(6)74-42)34(4)48(67)77-50(54)53(9,69)45(65)35(5)61(11)28-31)76-49-43(64)41(24-32(2)73-49)60(10)23-21-38-29-62(58-56-38)22-15-14-16-37-17-19-40(20-18-37)63-30-39(57-59-63)27-55-78(13,70)71/h17-20,29-36,41-47,49-50,55,64-66,68-69H,14-16,21-28H2,1-13H3/t31-,32-,33?,34-,35-,36+,41+,42+,43-,44+,45-,46+,47-,49+,50+,51-,52-,53+/m1/s1. The van der Waals surface area contributed by atoms with E-state index >= 15 is 0 Å². The summed E-state index contributed by atoms with van der Waals surface area (Å²) in [5.41, 5.74) is -1.27. The maximum Gasteiger partial charge on any atom is 0.312 e. The maximum atomic E-state index is 14.4. The highest BCUT2D eigenvalue weighted by molar-refractivity contribution is 14.1. The number of esters is 1. The Hall–Kier alpha value is -2.87. The molecule has 442 valence electrons. The molecule has 5 heterocycles. The monoisotopic (exact) mass is 1230 g/mol. The van der Waals surface area contributed by atoms with Gasteiger partial charge >= 0.3 is 5.97 Å². The van der Waals surface area contributed by atoms with Crippen LogP contribution in [0.4, 0.5) is 0 Å². The molecule has 23 nitrogen and oxygen atoms in total. The van der Waals surface area contributed by atoms with Crippen LogP contribution < -0.4 is 4.72 Å². The summed E-state index contributed by atoms with van der Waals surface area (Å²) in [6.07, 6.45) is -0.276. The summed E-state index contributed by atoms with van der Waals surface area (Å²) in [6, 6.07) is 6.99. The lowest BCUT2D eigenvalue weighted by Crippen LogP contribution is -2.60. The summed E-state index contributed by atoms with van der Waals surface area (Å²) < 4.78 is 65.7. The van der Waals surface area contributed by atoms with Crippen molar-refractivity contribution in [2.24, 2.45) is 17.8 Å². The zero-order chi connectivity index (χ0) is 57.7. The Balaban J connectivity index is 1.13. The Kier molecular flexibility index (Phi) is 22.3. The number of halogens is 1. The number of sulfonamides is 1. The number of nitrogens with zero attached hydrogens (tertiary/aromatic N) is 8. The van der Waals surface area contributed by atoms with Gasteiger partial charge in [-0.15, -0.1) is 10.2 Å². The van der Waals surface area contributed by atoms with Gasteiger partial charge in [-0.1, -0.05) is 36.4 Å². The molecular formula is C53H88IN9O14S. The molecule has 25 heteroatoms. The summed E-state index contributed by atoms with van der Waals surface area (Å²) in [6.45, 7) is 17.4. The van der Waals surface area contributed by atoms with Crippen molar-refractivity contribution in [1.29, 1.82) is 0 Å². The van der Waals surface area contributed by atoms with Crippen LogP contribution in [-0.2, 0) is 69.2 Å². The van der Waals surface area contributed by atoms with E-state index in [1.165, 1.54) is 19.6 Å². The zero-order valence-electron chi connectivity index (χ0n) is 47.7. The molecule has 0 amide bonds. The van der Waals surface area contributed by atoms with Crippen LogP contribution in [0.25, 0.3) is 5.69 Å². The molecule has 0 saturated carbocycles. The molecule has 1 aromatic carbocycles. The minimum absolute atomic E-state index is 0.0655. The molecule has 18 atom stereocenters. The molecule has 6 rings (SSSR count). The van der Waals surface area contributed by atoms with Gasteiger partial charge in [-0.25, -0.2) is 17.8 Å². The van der Waals surface area contributed by atoms with Crippen molar-refractivity contribution < 1.29 is 67.2 Å². The number of aliphatic hydroxyl groups excluding tert-OH is 3. The average Bonchev–Trinajstić information content (AvgIpc) is 4.09. The fraction of sp³-hybridized carbons (Fsp3) is 0.792. The van der Waals surface area contributed by atoms with E-state index in [0.717, 1.165) is 36.9 Å². The van der Waals surface area contributed by atoms with Gasteiger partial charge in [-0.05, 0) is 141 Å². The van der Waals surface area contributed by atoms with Crippen LogP contribution in [0, 0.1) is 17.8 Å². The van der Waals surface area contributed by atoms with E-state index in [1.807, 2.05) is 97.5 Å². The molecule has 3 aliphatic rings. The van der Waals surface area contributed by atoms with Gasteiger partial charge in [0.25, 0.3) is 0 Å². The number of unbranched alkanes of at least 4 members (excludes halogenated alkanes) is 1. The number of cyclic esters (lactones) is 1. The highest BCUT2D eigenvalue weighted by Gasteiger charge is 2.53. The Morgan fingerprint density at radius 1 is 0.910 bits per heavy atom. The number of nitrogens with one attached hydrogen (secondary N) is 1. The van der Waals surface area contributed by atoms with Crippen molar-refractivity contribution in [1.82, 2.24) is 44.5 Å². The number of hydrogen-bond acceptors (Lipinski definition) is 20. The van der Waals surface area contributed by atoms with Gasteiger partial charge in [0.15, 0.2) is 16.7 Å². The SMILES string of the molecule is CO[C@]1(C)C[C@H](O[C@H]2C(C)[C@@H](O[C@@H]3O[C@H](C)C[C@H](N(C)CCc4cn(CCCCc5ccc(-n6cc(CNS(C)(=O)=O)nn6)cc5)nn4)[C@H]3O)[C@](C)(O)C[C@@H](C)CN(C)[C@H](C)[C@@H](O)[C@](C)(O)[C@@H](I)OC(=O)[C@@H]2C)O[C@@H](C)[C@@H]1O. The van der Waals surface area contributed by atoms with E-state index < -0.39 is 110 Å². The average molecular weight is 1230 g/mol. The molecule has 2 aromatic heterocycles. The van der Waals surface area contributed by atoms with E-state index in [2.05, 4.69) is 30.2 Å². The highest BCUT2D eigenvalue weighted by atomic mass is 127. The lowest BCUT2D eigenvalue weighted by Gasteiger charge is -2.49. The minimum Gasteiger partial charge on any atom is -0.448 e. The topological polar surface area (TPSA) is 288 Å². The Labute approximate surface area is 474 Å². The second-order valence-electron chi connectivity index (χ2n) is 23.2. The second kappa shape index (κ2) is 27.0. The first kappa shape index (κ1) is 64.3. The molecule has 3 aliphatic heterocycles. The Bertz CT molecular complexity index is 2490. The van der Waals surface area contributed by atoms with Crippen LogP contribution >= 0.6 is 22.6 Å². The number of benzene rings is 1. The first-order valence-electron chi connectivity index (χ1n) is 27.2. The number of hydrogen-bond donors (Lipinski definition) is 6. The van der Waals surface area contributed by atoms with E-state index in [9.17, 15) is 38.7 Å². The number of rotatable bonds is 18. The largest absolute Gasteiger partial charge is 0.448 e. The number of aromatic nitrogens is 6. The molecule has 0 spiro atoms. The number of alkyl halides is 1. The van der Waals surface area contributed by atoms with Crippen LogP contribution in [0.15, 0.2) is 36.7 Å². The normalized spacial score (nSPS) is 37.2. The number of aryl methyl sites for hydroxylation is 2. The number of ether oxygens (including phenoxy) is 6. The highest BCUT2D eigenvalue weighted by Crippen LogP contribution is 2.40. The fourth-order valence-corrected chi connectivity index (χ4v) is 12.2. The van der Waals surface area contributed by atoms with Crippen LogP contribution in [0.5, 0.6) is 0 Å². The summed E-state index contributed by atoms with van der Waals surface area (Å²) in [7, 11) is 1.92. The molecule has 3 fully saturated rings. The van der Waals surface area contributed by atoms with Crippen LogP contribution in [0.3, 0.4) is 0 Å². The van der Waals surface area contributed by atoms with Crippen molar-refractivity contribution in [3.05, 3.63) is 53.6 Å². The first-order valence-corrected chi connectivity index (χ1v) is 30.3. The quantitative estimate of drug-likeness (QED) is 0.0462. The lowest BCUT2D eigenvalue weighted by atomic mass is 9.77. The van der Waals surface area contributed by atoms with E-state index in [1.54, 1.807) is 45.5 Å². The molecule has 78 heavy (non-hydrogen) atoms. The van der Waals surface area contributed by atoms with Crippen molar-refractivity contribution >= 4 is 38.6 Å². The second-order valence-corrected chi connectivity index (χ2v) is 26.2. The van der Waals surface area contributed by atoms with E-state index in [4.69, 9.17) is 28.4 Å². The predicted octanol–water partition coefficient (Wildman–Crippen LogP) is 2.74. The number of likely N-dealkylation sites (N-methyl/N-ethyl adjacent to an activating group) is 2. The summed E-state index contributed by atoms with van der Waals surface area (Å²) in [5.74, 6) is -2.84. The van der Waals surface area contributed by atoms with Crippen molar-refractivity contribution in [2.45, 2.75) is 209 Å².